The average molecular weight is 1060 g/mol. The van der Waals surface area contributed by atoms with E-state index in [9.17, 15) is 19.0 Å². The molecule has 432 valence electrons. The lowest BCUT2D eigenvalue weighted by Gasteiger charge is -2.30. The second-order valence-corrected chi connectivity index (χ2v) is 23.6. The number of hydrogen-bond acceptors (Lipinski definition) is 7. The lowest BCUT2D eigenvalue weighted by atomic mass is 10.0. The number of quaternary nitrogens is 1. The van der Waals surface area contributed by atoms with E-state index in [1.165, 1.54) is 161 Å². The lowest BCUT2D eigenvalue weighted by Crippen LogP contribution is -2.47. The number of ether oxygens (including phenoxy) is 1. The van der Waals surface area contributed by atoms with Gasteiger partial charge in [0.15, 0.2) is 0 Å². The first-order valence-electron chi connectivity index (χ1n) is 31.1. The molecule has 0 aliphatic carbocycles. The number of unbranched alkanes of at least 4 members (excludes halogenated alkanes) is 32. The van der Waals surface area contributed by atoms with Crippen molar-refractivity contribution in [2.24, 2.45) is 0 Å². The molecule has 9 nitrogen and oxygen atoms in total. The fraction of sp³-hybridized carbons (Fsp3) is 0.812. The number of carbonyl (C=O) groups excluding carboxylic acids is 2. The third-order valence-corrected chi connectivity index (χ3v) is 14.6. The number of nitrogens with zero attached hydrogens (tertiary/aromatic N) is 1. The van der Waals surface area contributed by atoms with Crippen molar-refractivity contribution in [3.63, 3.8) is 0 Å². The average Bonchev–Trinajstić information content (AvgIpc) is 3.36. The lowest BCUT2D eigenvalue weighted by molar-refractivity contribution is -0.870. The summed E-state index contributed by atoms with van der Waals surface area (Å²) in [6.45, 7) is 6.72. The van der Waals surface area contributed by atoms with Gasteiger partial charge in [-0.1, -0.05) is 242 Å². The van der Waals surface area contributed by atoms with Gasteiger partial charge >= 0.3 is 5.97 Å². The number of rotatable bonds is 56. The molecule has 0 heterocycles. The molecule has 10 heteroatoms. The molecule has 1 amide bonds. The summed E-state index contributed by atoms with van der Waals surface area (Å²) >= 11 is 0. The zero-order valence-electron chi connectivity index (χ0n) is 49.3. The number of esters is 1. The highest BCUT2D eigenvalue weighted by molar-refractivity contribution is 7.45. The topological polar surface area (TPSA) is 114 Å². The molecule has 74 heavy (non-hydrogen) atoms. The standard InChI is InChI=1S/C64H119N2O7P/c1-7-10-13-16-19-22-25-28-30-31-32-33-34-35-36-39-42-45-48-51-54-57-64(68)73-62(55-52-49-46-43-40-37-27-24-21-18-15-12-9-3)61(60-72-74(69,70)71-59-58-66(4,5)6)65-63(67)56-53-50-47-44-41-38-29-26-23-20-17-14-11-8-2/h11,14,20,23,28-30,38,52,55,61-62H,7-10,12-13,15-19,21-22,24-27,31-37,39-51,53-54,56-60H2,1-6H3,(H-,65,67,69,70)/b14-11+,23-20+,30-28+,38-29+,55-52-. The van der Waals surface area contributed by atoms with Crippen LogP contribution in [0.25, 0.3) is 0 Å². The van der Waals surface area contributed by atoms with Crippen molar-refractivity contribution in [2.45, 2.75) is 296 Å². The predicted molar refractivity (Wildman–Crippen MR) is 316 cm³/mol. The number of nitrogens with one attached hydrogen (secondary N) is 1. The highest BCUT2D eigenvalue weighted by atomic mass is 31.2. The minimum Gasteiger partial charge on any atom is -0.756 e. The van der Waals surface area contributed by atoms with E-state index in [0.29, 0.717) is 23.9 Å². The minimum atomic E-state index is -4.70. The molecule has 0 aromatic heterocycles. The first kappa shape index (κ1) is 71.7. The van der Waals surface area contributed by atoms with Crippen LogP contribution in [0.3, 0.4) is 0 Å². The van der Waals surface area contributed by atoms with Gasteiger partial charge in [0, 0.05) is 12.8 Å². The summed E-state index contributed by atoms with van der Waals surface area (Å²) in [7, 11) is 1.17. The predicted octanol–water partition coefficient (Wildman–Crippen LogP) is 18.4. The number of allylic oxidation sites excluding steroid dienone is 9. The van der Waals surface area contributed by atoms with Crippen LogP contribution in [-0.2, 0) is 27.9 Å². The van der Waals surface area contributed by atoms with E-state index in [4.69, 9.17) is 13.8 Å². The maximum atomic E-state index is 13.5. The molecule has 0 radical (unpaired) electrons. The van der Waals surface area contributed by atoms with E-state index < -0.39 is 26.6 Å². The van der Waals surface area contributed by atoms with Gasteiger partial charge in [0.05, 0.1) is 33.8 Å². The van der Waals surface area contributed by atoms with Gasteiger partial charge in [-0.15, -0.1) is 0 Å². The van der Waals surface area contributed by atoms with Gasteiger partial charge < -0.3 is 28.5 Å². The van der Waals surface area contributed by atoms with E-state index >= 15 is 0 Å². The Morgan fingerprint density at radius 3 is 1.31 bits per heavy atom. The van der Waals surface area contributed by atoms with E-state index in [1.807, 2.05) is 33.3 Å². The van der Waals surface area contributed by atoms with Crippen LogP contribution in [-0.4, -0.2) is 69.4 Å². The monoisotopic (exact) mass is 1060 g/mol. The Labute approximate surface area is 458 Å². The summed E-state index contributed by atoms with van der Waals surface area (Å²) in [6.07, 6.45) is 67.6. The Hall–Kier alpha value is -2.29. The van der Waals surface area contributed by atoms with Gasteiger partial charge in [0.2, 0.25) is 5.91 Å². The molecule has 0 saturated carbocycles. The molecule has 0 spiro atoms. The van der Waals surface area contributed by atoms with Crippen molar-refractivity contribution < 1.29 is 37.3 Å². The Balaban J connectivity index is 5.25. The molecular weight excluding hydrogens is 940 g/mol. The summed E-state index contributed by atoms with van der Waals surface area (Å²) in [4.78, 5) is 40.0. The Morgan fingerprint density at radius 1 is 0.486 bits per heavy atom. The number of amides is 1. The normalized spacial score (nSPS) is 14.1. The molecule has 0 aliphatic rings. The Morgan fingerprint density at radius 2 is 0.865 bits per heavy atom. The van der Waals surface area contributed by atoms with Crippen LogP contribution >= 0.6 is 7.82 Å². The highest BCUT2D eigenvalue weighted by Gasteiger charge is 2.27. The van der Waals surface area contributed by atoms with Crippen LogP contribution < -0.4 is 10.2 Å². The fourth-order valence-electron chi connectivity index (χ4n) is 8.88. The molecule has 0 aromatic rings. The zero-order valence-corrected chi connectivity index (χ0v) is 50.2. The number of carbonyl (C=O) groups is 2. The van der Waals surface area contributed by atoms with Gasteiger partial charge in [-0.05, 0) is 89.5 Å². The molecule has 0 bridgehead atoms. The Bertz CT molecular complexity index is 1450. The summed E-state index contributed by atoms with van der Waals surface area (Å²) < 4.78 is 30.3. The second-order valence-electron chi connectivity index (χ2n) is 22.2. The molecular formula is C64H119N2O7P. The maximum absolute atomic E-state index is 13.5. The minimum absolute atomic E-state index is 0.0277. The summed E-state index contributed by atoms with van der Waals surface area (Å²) in [5.74, 6) is -0.562. The van der Waals surface area contributed by atoms with Gasteiger partial charge in [-0.25, -0.2) is 0 Å². The molecule has 1 N–H and O–H groups in total. The van der Waals surface area contributed by atoms with Gasteiger partial charge in [-0.2, -0.15) is 0 Å². The number of phosphoric ester groups is 1. The summed E-state index contributed by atoms with van der Waals surface area (Å²) in [5.41, 5.74) is 0. The third-order valence-electron chi connectivity index (χ3n) is 13.7. The van der Waals surface area contributed by atoms with Crippen LogP contribution in [0.2, 0.25) is 0 Å². The molecule has 0 rings (SSSR count). The van der Waals surface area contributed by atoms with E-state index in [2.05, 4.69) is 74.7 Å². The quantitative estimate of drug-likeness (QED) is 0.0212. The molecule has 3 atom stereocenters. The number of phosphoric acid groups is 1. The molecule has 0 fully saturated rings. The van der Waals surface area contributed by atoms with Crippen LogP contribution in [0, 0.1) is 0 Å². The number of likely N-dealkylation sites (N-methyl/N-ethyl adjacent to an activating group) is 1. The number of hydrogen-bond donors (Lipinski definition) is 1. The largest absolute Gasteiger partial charge is 0.756 e. The fourth-order valence-corrected chi connectivity index (χ4v) is 9.61. The van der Waals surface area contributed by atoms with Crippen molar-refractivity contribution in [2.75, 3.05) is 40.9 Å². The van der Waals surface area contributed by atoms with E-state index in [1.54, 1.807) is 0 Å². The zero-order chi connectivity index (χ0) is 54.3. The van der Waals surface area contributed by atoms with Crippen LogP contribution in [0.4, 0.5) is 0 Å². The van der Waals surface area contributed by atoms with Crippen molar-refractivity contribution in [1.82, 2.24) is 5.32 Å². The van der Waals surface area contributed by atoms with Crippen LogP contribution in [0.1, 0.15) is 284 Å². The SMILES string of the molecule is CC/C=C/C/C=C/C/C=C/CCCCCCC(=O)NC(COP(=O)([O-])OCC[N+](C)(C)C)C(/C=C\CCCCCCCCCCCCC)OC(=O)CCCCCCCCCCCCC/C=C/CCCCCCCC. The van der Waals surface area contributed by atoms with Crippen LogP contribution in [0.5, 0.6) is 0 Å². The maximum Gasteiger partial charge on any atom is 0.306 e. The van der Waals surface area contributed by atoms with Gasteiger partial charge in [0.1, 0.15) is 19.3 Å². The molecule has 0 aromatic carbocycles. The highest BCUT2D eigenvalue weighted by Crippen LogP contribution is 2.38. The van der Waals surface area contributed by atoms with Crippen molar-refractivity contribution in [3.8, 4) is 0 Å². The van der Waals surface area contributed by atoms with Crippen molar-refractivity contribution >= 4 is 19.7 Å². The summed E-state index contributed by atoms with van der Waals surface area (Å²) in [5, 5.41) is 3.01. The Kier molecular flexibility index (Phi) is 52.4. The van der Waals surface area contributed by atoms with E-state index in [0.717, 1.165) is 83.5 Å². The smallest absolute Gasteiger partial charge is 0.306 e. The molecule has 3 unspecified atom stereocenters. The van der Waals surface area contributed by atoms with Crippen molar-refractivity contribution in [1.29, 1.82) is 0 Å². The summed E-state index contributed by atoms with van der Waals surface area (Å²) in [6, 6.07) is -0.900. The van der Waals surface area contributed by atoms with Gasteiger partial charge in [-0.3, -0.25) is 14.2 Å². The van der Waals surface area contributed by atoms with Gasteiger partial charge in [0.25, 0.3) is 7.82 Å². The van der Waals surface area contributed by atoms with Crippen LogP contribution in [0.15, 0.2) is 60.8 Å². The third kappa shape index (κ3) is 54.5. The van der Waals surface area contributed by atoms with E-state index in [-0.39, 0.29) is 24.9 Å². The second kappa shape index (κ2) is 54.1. The first-order chi connectivity index (χ1) is 35.9. The van der Waals surface area contributed by atoms with Crippen molar-refractivity contribution in [3.05, 3.63) is 60.8 Å². The molecule has 0 aliphatic heterocycles. The first-order valence-corrected chi connectivity index (χ1v) is 32.6. The molecule has 0 saturated heterocycles.